The highest BCUT2D eigenvalue weighted by molar-refractivity contribution is 5.94. The minimum absolute atomic E-state index is 0.168. The summed E-state index contributed by atoms with van der Waals surface area (Å²) >= 11 is 0. The van der Waals surface area contributed by atoms with Gasteiger partial charge in [-0.2, -0.15) is 5.10 Å². The molecule has 0 unspecified atom stereocenters. The summed E-state index contributed by atoms with van der Waals surface area (Å²) in [5.74, 6) is 0.168. The van der Waals surface area contributed by atoms with Crippen LogP contribution in [0.5, 0.6) is 0 Å². The zero-order valence-corrected chi connectivity index (χ0v) is 9.97. The first-order chi connectivity index (χ1) is 8.27. The molecule has 0 aliphatic heterocycles. The number of hydrogen-bond donors (Lipinski definition) is 0. The van der Waals surface area contributed by atoms with E-state index in [0.29, 0.717) is 12.1 Å². The van der Waals surface area contributed by atoms with Gasteiger partial charge in [0.05, 0.1) is 0 Å². The van der Waals surface area contributed by atoms with E-state index in [9.17, 15) is 4.79 Å². The molecule has 0 spiro atoms. The number of carbonyl (C=O) groups is 1. The predicted molar refractivity (Wildman–Crippen MR) is 66.9 cm³/mol. The van der Waals surface area contributed by atoms with E-state index in [1.54, 1.807) is 24.0 Å². The molecule has 0 amide bonds. The highest BCUT2D eigenvalue weighted by Crippen LogP contribution is 2.08. The number of carbonyl (C=O) groups excluding carboxylic acids is 1. The highest BCUT2D eigenvalue weighted by Gasteiger charge is 2.09. The van der Waals surface area contributed by atoms with Gasteiger partial charge in [-0.1, -0.05) is 30.3 Å². The molecule has 1 aromatic carbocycles. The van der Waals surface area contributed by atoms with Gasteiger partial charge in [-0.3, -0.25) is 9.48 Å². The molecule has 2 rings (SSSR count). The first-order valence-corrected chi connectivity index (χ1v) is 5.82. The molecule has 17 heavy (non-hydrogen) atoms. The molecule has 2 aromatic rings. The third-order valence-corrected chi connectivity index (χ3v) is 2.82. The molecular weight excluding hydrogens is 212 g/mol. The first-order valence-electron chi connectivity index (χ1n) is 5.82. The van der Waals surface area contributed by atoms with E-state index in [0.717, 1.165) is 12.8 Å². The Labute approximate surface area is 101 Å². The lowest BCUT2D eigenvalue weighted by atomic mass is 10.1. The van der Waals surface area contributed by atoms with Crippen molar-refractivity contribution in [1.29, 1.82) is 0 Å². The van der Waals surface area contributed by atoms with Crippen LogP contribution in [0.2, 0.25) is 0 Å². The largest absolute Gasteiger partial charge is 0.292 e. The van der Waals surface area contributed by atoms with Gasteiger partial charge in [0.15, 0.2) is 5.78 Å². The van der Waals surface area contributed by atoms with Gasteiger partial charge in [0.1, 0.15) is 5.69 Å². The van der Waals surface area contributed by atoms with Crippen LogP contribution < -0.4 is 0 Å². The SMILES string of the molecule is Cn1nccc1C(=O)CCCc1ccccc1. The minimum Gasteiger partial charge on any atom is -0.292 e. The standard InChI is InChI=1S/C14H16N2O/c1-16-13(10-11-15-16)14(17)9-5-8-12-6-3-2-4-7-12/h2-4,6-7,10-11H,5,8-9H2,1H3. The summed E-state index contributed by atoms with van der Waals surface area (Å²) in [4.78, 5) is 11.9. The van der Waals surface area contributed by atoms with Crippen molar-refractivity contribution < 1.29 is 4.79 Å². The molecule has 3 nitrogen and oxygen atoms in total. The first kappa shape index (κ1) is 11.6. The fraction of sp³-hybridized carbons (Fsp3) is 0.286. The predicted octanol–water partition coefficient (Wildman–Crippen LogP) is 2.63. The van der Waals surface area contributed by atoms with Crippen LogP contribution in [0.25, 0.3) is 0 Å². The van der Waals surface area contributed by atoms with Crippen molar-refractivity contribution in [3.05, 3.63) is 53.9 Å². The lowest BCUT2D eigenvalue weighted by molar-refractivity contribution is 0.0971. The van der Waals surface area contributed by atoms with Gasteiger partial charge in [-0.25, -0.2) is 0 Å². The summed E-state index contributed by atoms with van der Waals surface area (Å²) in [6.45, 7) is 0. The van der Waals surface area contributed by atoms with Crippen molar-refractivity contribution in [3.63, 3.8) is 0 Å². The van der Waals surface area contributed by atoms with Gasteiger partial charge in [-0.15, -0.1) is 0 Å². The summed E-state index contributed by atoms with van der Waals surface area (Å²) < 4.78 is 1.63. The number of benzene rings is 1. The Balaban J connectivity index is 1.84. The second kappa shape index (κ2) is 5.43. The fourth-order valence-electron chi connectivity index (χ4n) is 1.87. The third-order valence-electron chi connectivity index (χ3n) is 2.82. The lowest BCUT2D eigenvalue weighted by Crippen LogP contribution is -2.07. The van der Waals surface area contributed by atoms with Gasteiger partial charge in [-0.05, 0) is 24.5 Å². The Hall–Kier alpha value is -1.90. The van der Waals surface area contributed by atoms with Crippen LogP contribution in [-0.4, -0.2) is 15.6 Å². The summed E-state index contributed by atoms with van der Waals surface area (Å²) in [6, 6.07) is 12.0. The van der Waals surface area contributed by atoms with Gasteiger partial charge >= 0.3 is 0 Å². The molecule has 0 aliphatic carbocycles. The zero-order valence-electron chi connectivity index (χ0n) is 9.97. The molecule has 0 atom stereocenters. The molecule has 3 heteroatoms. The maximum atomic E-state index is 11.9. The van der Waals surface area contributed by atoms with E-state index < -0.39 is 0 Å². The number of Topliss-reactive ketones (excluding diaryl/α,β-unsaturated/α-hetero) is 1. The van der Waals surface area contributed by atoms with Crippen molar-refractivity contribution in [1.82, 2.24) is 9.78 Å². The molecule has 1 heterocycles. The average molecular weight is 228 g/mol. The second-order valence-corrected chi connectivity index (χ2v) is 4.10. The molecule has 1 aromatic heterocycles. The van der Waals surface area contributed by atoms with Crippen molar-refractivity contribution in [2.75, 3.05) is 0 Å². The van der Waals surface area contributed by atoms with E-state index in [1.807, 2.05) is 18.2 Å². The Morgan fingerprint density at radius 1 is 1.24 bits per heavy atom. The smallest absolute Gasteiger partial charge is 0.180 e. The second-order valence-electron chi connectivity index (χ2n) is 4.10. The van der Waals surface area contributed by atoms with E-state index in [2.05, 4.69) is 17.2 Å². The van der Waals surface area contributed by atoms with Crippen LogP contribution >= 0.6 is 0 Å². The maximum absolute atomic E-state index is 11.9. The van der Waals surface area contributed by atoms with Crippen molar-refractivity contribution in [3.8, 4) is 0 Å². The van der Waals surface area contributed by atoms with Gasteiger partial charge in [0.2, 0.25) is 0 Å². The maximum Gasteiger partial charge on any atom is 0.180 e. The Morgan fingerprint density at radius 2 is 2.00 bits per heavy atom. The molecule has 0 radical (unpaired) electrons. The van der Waals surface area contributed by atoms with Gasteiger partial charge in [0.25, 0.3) is 0 Å². The Morgan fingerprint density at radius 3 is 2.65 bits per heavy atom. The number of aryl methyl sites for hydroxylation is 2. The van der Waals surface area contributed by atoms with E-state index in [1.165, 1.54) is 5.56 Å². The molecule has 0 fully saturated rings. The molecular formula is C14H16N2O. The summed E-state index contributed by atoms with van der Waals surface area (Å²) in [7, 11) is 1.80. The number of hydrogen-bond acceptors (Lipinski definition) is 2. The van der Waals surface area contributed by atoms with E-state index >= 15 is 0 Å². The minimum atomic E-state index is 0.168. The molecule has 0 saturated heterocycles. The highest BCUT2D eigenvalue weighted by atomic mass is 16.1. The van der Waals surface area contributed by atoms with Crippen LogP contribution in [0.4, 0.5) is 0 Å². The van der Waals surface area contributed by atoms with Crippen molar-refractivity contribution in [2.45, 2.75) is 19.3 Å². The zero-order chi connectivity index (χ0) is 12.1. The monoisotopic (exact) mass is 228 g/mol. The molecule has 0 N–H and O–H groups in total. The van der Waals surface area contributed by atoms with Crippen molar-refractivity contribution >= 4 is 5.78 Å². The lowest BCUT2D eigenvalue weighted by Gasteiger charge is -2.02. The van der Waals surface area contributed by atoms with Crippen LogP contribution in [0.1, 0.15) is 28.9 Å². The molecule has 88 valence electrons. The summed E-state index contributed by atoms with van der Waals surface area (Å²) in [5, 5.41) is 4.00. The molecule has 0 aliphatic rings. The Kier molecular flexibility index (Phi) is 3.70. The number of nitrogens with zero attached hydrogens (tertiary/aromatic N) is 2. The van der Waals surface area contributed by atoms with Crippen LogP contribution in [0, 0.1) is 0 Å². The van der Waals surface area contributed by atoms with Gasteiger partial charge < -0.3 is 0 Å². The number of aromatic nitrogens is 2. The van der Waals surface area contributed by atoms with Crippen LogP contribution in [0.15, 0.2) is 42.6 Å². The molecule has 0 bridgehead atoms. The molecule has 0 saturated carbocycles. The summed E-state index contributed by atoms with van der Waals surface area (Å²) in [5.41, 5.74) is 1.98. The Bertz CT molecular complexity index is 488. The average Bonchev–Trinajstić information content (AvgIpc) is 2.77. The number of rotatable bonds is 5. The summed E-state index contributed by atoms with van der Waals surface area (Å²) in [6.07, 6.45) is 4.07. The van der Waals surface area contributed by atoms with Crippen LogP contribution in [-0.2, 0) is 13.5 Å². The fourth-order valence-corrected chi connectivity index (χ4v) is 1.87. The third kappa shape index (κ3) is 3.03. The van der Waals surface area contributed by atoms with E-state index in [4.69, 9.17) is 0 Å². The van der Waals surface area contributed by atoms with Gasteiger partial charge in [0, 0.05) is 19.7 Å². The quantitative estimate of drug-likeness (QED) is 0.737. The van der Waals surface area contributed by atoms with Crippen LogP contribution in [0.3, 0.4) is 0 Å². The number of ketones is 1. The topological polar surface area (TPSA) is 34.9 Å². The van der Waals surface area contributed by atoms with E-state index in [-0.39, 0.29) is 5.78 Å². The van der Waals surface area contributed by atoms with Crippen molar-refractivity contribution in [2.24, 2.45) is 7.05 Å². The normalized spacial score (nSPS) is 10.4.